The van der Waals surface area contributed by atoms with Crippen LogP contribution in [0.15, 0.2) is 42.7 Å². The highest BCUT2D eigenvalue weighted by molar-refractivity contribution is 6.03. The third-order valence-electron chi connectivity index (χ3n) is 7.01. The normalized spacial score (nSPS) is 22.7. The quantitative estimate of drug-likeness (QED) is 0.354. The molecule has 0 unspecified atom stereocenters. The lowest BCUT2D eigenvalue weighted by Gasteiger charge is -2.44. The molecule has 0 bridgehead atoms. The number of aromatic nitrogens is 2. The summed E-state index contributed by atoms with van der Waals surface area (Å²) in [6.07, 6.45) is 1.97. The SMILES string of the molecule is CC(C)C(=O)Nc1cc(F)c(-c2nc(C(=O)Nc3cnccc3[C@H]3C[C@@H](N)[C@](C)(O)[C@@H](C)O3)ccc2F)c(F)c1. The van der Waals surface area contributed by atoms with Gasteiger partial charge in [0.1, 0.15) is 34.4 Å². The summed E-state index contributed by atoms with van der Waals surface area (Å²) in [5.74, 6) is -5.08. The van der Waals surface area contributed by atoms with Crippen LogP contribution in [0.1, 0.15) is 56.3 Å². The Labute approximate surface area is 229 Å². The van der Waals surface area contributed by atoms with Gasteiger partial charge in [-0.15, -0.1) is 0 Å². The summed E-state index contributed by atoms with van der Waals surface area (Å²) < 4.78 is 50.5. The number of rotatable bonds is 6. The molecule has 12 heteroatoms. The zero-order chi connectivity index (χ0) is 29.4. The zero-order valence-corrected chi connectivity index (χ0v) is 22.3. The molecule has 0 saturated carbocycles. The summed E-state index contributed by atoms with van der Waals surface area (Å²) in [5, 5.41) is 15.6. The number of ether oxygens (including phenoxy) is 1. The lowest BCUT2D eigenvalue weighted by Crippen LogP contribution is -2.58. The number of hydrogen-bond donors (Lipinski definition) is 4. The Bertz CT molecular complexity index is 1410. The first kappa shape index (κ1) is 29.1. The van der Waals surface area contributed by atoms with Crippen LogP contribution < -0.4 is 16.4 Å². The Hall–Kier alpha value is -3.87. The molecule has 1 aromatic carbocycles. The van der Waals surface area contributed by atoms with Gasteiger partial charge in [-0.1, -0.05) is 13.8 Å². The maximum atomic E-state index is 14.9. The van der Waals surface area contributed by atoms with Gasteiger partial charge >= 0.3 is 0 Å². The number of amides is 2. The Morgan fingerprint density at radius 2 is 1.80 bits per heavy atom. The number of pyridine rings is 2. The van der Waals surface area contributed by atoms with Crippen LogP contribution in [0, 0.1) is 23.4 Å². The van der Waals surface area contributed by atoms with Crippen LogP contribution in [-0.2, 0) is 9.53 Å². The van der Waals surface area contributed by atoms with Crippen molar-refractivity contribution in [2.24, 2.45) is 11.7 Å². The number of nitrogens with two attached hydrogens (primary N) is 1. The van der Waals surface area contributed by atoms with Crippen LogP contribution in [-0.4, -0.2) is 44.6 Å². The second-order valence-corrected chi connectivity index (χ2v) is 10.2. The molecular formula is C28H30F3N5O4. The molecule has 4 rings (SSSR count). The number of carbonyl (C=O) groups excluding carboxylic acids is 2. The second kappa shape index (κ2) is 11.3. The Balaban J connectivity index is 1.61. The zero-order valence-electron chi connectivity index (χ0n) is 22.3. The minimum atomic E-state index is -1.25. The average Bonchev–Trinajstić information content (AvgIpc) is 2.88. The summed E-state index contributed by atoms with van der Waals surface area (Å²) in [7, 11) is 0. The predicted octanol–water partition coefficient (Wildman–Crippen LogP) is 4.34. The first-order valence-electron chi connectivity index (χ1n) is 12.6. The average molecular weight is 558 g/mol. The molecule has 2 aromatic heterocycles. The molecule has 212 valence electrons. The molecule has 3 heterocycles. The van der Waals surface area contributed by atoms with Gasteiger partial charge in [0.25, 0.3) is 5.91 Å². The van der Waals surface area contributed by atoms with E-state index in [1.165, 1.54) is 12.4 Å². The van der Waals surface area contributed by atoms with Gasteiger partial charge in [0.05, 0.1) is 29.7 Å². The van der Waals surface area contributed by atoms with Gasteiger partial charge in [-0.25, -0.2) is 18.2 Å². The number of hydrogen-bond acceptors (Lipinski definition) is 7. The van der Waals surface area contributed by atoms with Crippen molar-refractivity contribution in [2.45, 2.75) is 58.0 Å². The number of halogens is 3. The summed E-state index contributed by atoms with van der Waals surface area (Å²) >= 11 is 0. The predicted molar refractivity (Wildman–Crippen MR) is 142 cm³/mol. The molecule has 5 N–H and O–H groups in total. The molecule has 0 aliphatic carbocycles. The van der Waals surface area contributed by atoms with E-state index in [0.717, 1.165) is 24.3 Å². The van der Waals surface area contributed by atoms with Crippen LogP contribution in [0.5, 0.6) is 0 Å². The van der Waals surface area contributed by atoms with Gasteiger partial charge in [0, 0.05) is 29.4 Å². The van der Waals surface area contributed by atoms with Gasteiger partial charge in [-0.3, -0.25) is 14.6 Å². The minimum absolute atomic E-state index is 0.142. The summed E-state index contributed by atoms with van der Waals surface area (Å²) in [6, 6.07) is 4.68. The minimum Gasteiger partial charge on any atom is -0.386 e. The van der Waals surface area contributed by atoms with Gasteiger partial charge < -0.3 is 26.2 Å². The highest BCUT2D eigenvalue weighted by Gasteiger charge is 2.43. The molecule has 0 spiro atoms. The van der Waals surface area contributed by atoms with Crippen LogP contribution in [0.25, 0.3) is 11.3 Å². The lowest BCUT2D eigenvalue weighted by molar-refractivity contribution is -0.171. The molecule has 4 atom stereocenters. The van der Waals surface area contributed by atoms with E-state index in [1.807, 2.05) is 0 Å². The van der Waals surface area contributed by atoms with Crippen molar-refractivity contribution < 1.29 is 32.6 Å². The molecule has 9 nitrogen and oxygen atoms in total. The maximum absolute atomic E-state index is 14.9. The van der Waals surface area contributed by atoms with Crippen molar-refractivity contribution in [3.63, 3.8) is 0 Å². The van der Waals surface area contributed by atoms with E-state index in [1.54, 1.807) is 33.8 Å². The molecule has 0 radical (unpaired) electrons. The van der Waals surface area contributed by atoms with Gasteiger partial charge in [0.2, 0.25) is 5.91 Å². The molecule has 40 heavy (non-hydrogen) atoms. The highest BCUT2D eigenvalue weighted by Crippen LogP contribution is 2.38. The van der Waals surface area contributed by atoms with E-state index in [-0.39, 0.29) is 23.5 Å². The van der Waals surface area contributed by atoms with E-state index < -0.39 is 70.3 Å². The molecule has 1 aliphatic rings. The Morgan fingerprint density at radius 3 is 2.42 bits per heavy atom. The van der Waals surface area contributed by atoms with Crippen LogP contribution in [0.4, 0.5) is 24.5 Å². The third kappa shape index (κ3) is 5.83. The van der Waals surface area contributed by atoms with Crippen molar-refractivity contribution in [1.82, 2.24) is 9.97 Å². The summed E-state index contributed by atoms with van der Waals surface area (Å²) in [5.41, 5.74) is 3.76. The van der Waals surface area contributed by atoms with Crippen molar-refractivity contribution in [3.05, 3.63) is 71.4 Å². The van der Waals surface area contributed by atoms with Crippen molar-refractivity contribution in [2.75, 3.05) is 10.6 Å². The number of nitrogens with zero attached hydrogens (tertiary/aromatic N) is 2. The number of benzene rings is 1. The van der Waals surface area contributed by atoms with Crippen LogP contribution in [0.3, 0.4) is 0 Å². The summed E-state index contributed by atoms with van der Waals surface area (Å²) in [6.45, 7) is 6.51. The van der Waals surface area contributed by atoms with Gasteiger partial charge in [-0.05, 0) is 50.6 Å². The van der Waals surface area contributed by atoms with Gasteiger partial charge in [0.15, 0.2) is 0 Å². The van der Waals surface area contributed by atoms with E-state index in [2.05, 4.69) is 20.6 Å². The molecule has 1 saturated heterocycles. The first-order chi connectivity index (χ1) is 18.8. The van der Waals surface area contributed by atoms with Crippen molar-refractivity contribution in [1.29, 1.82) is 0 Å². The fourth-order valence-corrected chi connectivity index (χ4v) is 4.29. The van der Waals surface area contributed by atoms with E-state index in [0.29, 0.717) is 5.56 Å². The number of carbonyl (C=O) groups is 2. The van der Waals surface area contributed by atoms with E-state index >= 15 is 0 Å². The van der Waals surface area contributed by atoms with Crippen LogP contribution in [0.2, 0.25) is 0 Å². The molecule has 1 aliphatic heterocycles. The smallest absolute Gasteiger partial charge is 0.274 e. The summed E-state index contributed by atoms with van der Waals surface area (Å²) in [4.78, 5) is 33.0. The van der Waals surface area contributed by atoms with E-state index in [4.69, 9.17) is 10.5 Å². The standard InChI is InChI=1S/C28H30F3N5O4/c1-13(2)26(37)34-15-9-18(30)24(19(31)10-15)25-17(29)5-6-20(35-25)27(38)36-21-12-33-8-7-16(21)22-11-23(32)28(4,39)14(3)40-22/h5-10,12-14,22-23,39H,11,32H2,1-4H3,(H,34,37)(H,36,38)/t14-,22-,23-,28-/m1/s1. The van der Waals surface area contributed by atoms with Crippen molar-refractivity contribution >= 4 is 23.2 Å². The fourth-order valence-electron chi connectivity index (χ4n) is 4.29. The molecule has 2 amide bonds. The molecule has 1 fully saturated rings. The monoisotopic (exact) mass is 557 g/mol. The fraction of sp³-hybridized carbons (Fsp3) is 0.357. The van der Waals surface area contributed by atoms with E-state index in [9.17, 15) is 27.9 Å². The Kier molecular flexibility index (Phi) is 8.24. The topological polar surface area (TPSA) is 139 Å². The maximum Gasteiger partial charge on any atom is 0.274 e. The van der Waals surface area contributed by atoms with Crippen molar-refractivity contribution in [3.8, 4) is 11.3 Å². The Morgan fingerprint density at radius 1 is 1.12 bits per heavy atom. The number of aliphatic hydroxyl groups is 1. The lowest BCUT2D eigenvalue weighted by atomic mass is 9.83. The largest absolute Gasteiger partial charge is 0.386 e. The number of anilines is 2. The molecular weight excluding hydrogens is 527 g/mol. The van der Waals surface area contributed by atoms with Gasteiger partial charge in [-0.2, -0.15) is 0 Å². The second-order valence-electron chi connectivity index (χ2n) is 10.2. The third-order valence-corrected chi connectivity index (χ3v) is 7.01. The first-order valence-corrected chi connectivity index (χ1v) is 12.6. The van der Waals surface area contributed by atoms with Crippen LogP contribution >= 0.6 is 0 Å². The highest BCUT2D eigenvalue weighted by atomic mass is 19.1. The molecule has 3 aromatic rings. The number of nitrogens with one attached hydrogen (secondary N) is 2.